The number of anilines is 1. The van der Waals surface area contributed by atoms with Gasteiger partial charge in [-0.3, -0.25) is 4.79 Å². The van der Waals surface area contributed by atoms with E-state index in [0.717, 1.165) is 29.5 Å². The summed E-state index contributed by atoms with van der Waals surface area (Å²) in [6, 6.07) is 20.9. The maximum Gasteiger partial charge on any atom is 0.255 e. The van der Waals surface area contributed by atoms with Gasteiger partial charge in [-0.1, -0.05) is 39.0 Å². The number of aromatic nitrogens is 1. The van der Waals surface area contributed by atoms with Gasteiger partial charge in [-0.2, -0.15) is 0 Å². The summed E-state index contributed by atoms with van der Waals surface area (Å²) in [5.41, 5.74) is 4.88. The number of carbonyl (C=O) groups excluding carboxylic acids is 1. The molecule has 2 unspecified atom stereocenters. The third-order valence-corrected chi connectivity index (χ3v) is 5.97. The summed E-state index contributed by atoms with van der Waals surface area (Å²) >= 11 is 0. The van der Waals surface area contributed by atoms with Crippen molar-refractivity contribution in [2.45, 2.75) is 52.6 Å². The number of nitrogens with one attached hydrogen (secondary N) is 1. The third-order valence-electron chi connectivity index (χ3n) is 5.97. The van der Waals surface area contributed by atoms with Crippen molar-refractivity contribution in [3.05, 3.63) is 77.9 Å². The lowest BCUT2D eigenvalue weighted by atomic mass is 9.98. The summed E-state index contributed by atoms with van der Waals surface area (Å²) < 4.78 is 11.8. The highest BCUT2D eigenvalue weighted by Gasteiger charge is 2.13. The second kappa shape index (κ2) is 9.90. The molecule has 2 atom stereocenters. The molecule has 0 aliphatic rings. The van der Waals surface area contributed by atoms with Crippen molar-refractivity contribution in [3.63, 3.8) is 0 Å². The van der Waals surface area contributed by atoms with Crippen molar-refractivity contribution in [1.82, 2.24) is 4.98 Å². The predicted molar refractivity (Wildman–Crippen MR) is 133 cm³/mol. The highest BCUT2D eigenvalue weighted by molar-refractivity contribution is 6.04. The summed E-state index contributed by atoms with van der Waals surface area (Å²) in [6.07, 6.45) is 2.07. The Kier molecular flexibility index (Phi) is 6.78. The maximum absolute atomic E-state index is 12.8. The molecule has 5 heteroatoms. The van der Waals surface area contributed by atoms with Crippen molar-refractivity contribution in [2.75, 3.05) is 5.32 Å². The van der Waals surface area contributed by atoms with Gasteiger partial charge in [0.15, 0.2) is 5.58 Å². The fourth-order valence-corrected chi connectivity index (χ4v) is 3.57. The number of nitrogens with zero attached hydrogens (tertiary/aromatic N) is 1. The first-order valence-electron chi connectivity index (χ1n) is 11.6. The van der Waals surface area contributed by atoms with Gasteiger partial charge in [0.2, 0.25) is 5.89 Å². The molecule has 5 nitrogen and oxygen atoms in total. The van der Waals surface area contributed by atoms with E-state index >= 15 is 0 Å². The zero-order valence-corrected chi connectivity index (χ0v) is 19.6. The Morgan fingerprint density at radius 2 is 1.82 bits per heavy atom. The van der Waals surface area contributed by atoms with Crippen LogP contribution in [0.15, 0.2) is 71.1 Å². The SMILES string of the molecule is CCC(C)Oc1cccc(C(=O)Nc2cccc(-c3nc4cc(C(C)CC)ccc4o3)c2)c1. The van der Waals surface area contributed by atoms with Crippen molar-refractivity contribution in [1.29, 1.82) is 0 Å². The number of rotatable bonds is 8. The minimum Gasteiger partial charge on any atom is -0.491 e. The van der Waals surface area contributed by atoms with E-state index in [1.54, 1.807) is 12.1 Å². The van der Waals surface area contributed by atoms with Gasteiger partial charge in [-0.15, -0.1) is 0 Å². The summed E-state index contributed by atoms with van der Waals surface area (Å²) in [5.74, 6) is 1.50. The van der Waals surface area contributed by atoms with E-state index in [-0.39, 0.29) is 12.0 Å². The van der Waals surface area contributed by atoms with Crippen LogP contribution in [0.1, 0.15) is 62.4 Å². The summed E-state index contributed by atoms with van der Waals surface area (Å²) in [5, 5.41) is 2.96. The Balaban J connectivity index is 1.54. The van der Waals surface area contributed by atoms with Crippen LogP contribution in [0.2, 0.25) is 0 Å². The van der Waals surface area contributed by atoms with Crippen LogP contribution in [-0.2, 0) is 0 Å². The number of amides is 1. The van der Waals surface area contributed by atoms with Gasteiger partial charge >= 0.3 is 0 Å². The van der Waals surface area contributed by atoms with Gasteiger partial charge in [0.1, 0.15) is 11.3 Å². The highest BCUT2D eigenvalue weighted by atomic mass is 16.5. The van der Waals surface area contributed by atoms with E-state index < -0.39 is 0 Å². The molecular formula is C28H30N2O3. The van der Waals surface area contributed by atoms with Crippen molar-refractivity contribution in [3.8, 4) is 17.2 Å². The van der Waals surface area contributed by atoms with E-state index in [2.05, 4.69) is 38.2 Å². The molecule has 0 fully saturated rings. The number of hydrogen-bond donors (Lipinski definition) is 1. The monoisotopic (exact) mass is 442 g/mol. The first-order chi connectivity index (χ1) is 16.0. The van der Waals surface area contributed by atoms with Crippen LogP contribution in [0.4, 0.5) is 5.69 Å². The average molecular weight is 443 g/mol. The largest absolute Gasteiger partial charge is 0.491 e. The Bertz CT molecular complexity index is 1260. The Hall–Kier alpha value is -3.60. The Labute approximate surface area is 194 Å². The van der Waals surface area contributed by atoms with E-state index in [4.69, 9.17) is 14.1 Å². The molecule has 0 aliphatic heterocycles. The van der Waals surface area contributed by atoms with Crippen molar-refractivity contribution in [2.24, 2.45) is 0 Å². The molecule has 1 N–H and O–H groups in total. The molecule has 0 aliphatic carbocycles. The average Bonchev–Trinajstić information content (AvgIpc) is 3.27. The van der Waals surface area contributed by atoms with Crippen molar-refractivity contribution < 1.29 is 13.9 Å². The smallest absolute Gasteiger partial charge is 0.255 e. The molecule has 3 aromatic carbocycles. The Morgan fingerprint density at radius 1 is 1.00 bits per heavy atom. The van der Waals surface area contributed by atoms with Gasteiger partial charge in [-0.25, -0.2) is 4.98 Å². The van der Waals surface area contributed by atoms with Crippen LogP contribution in [-0.4, -0.2) is 17.0 Å². The summed E-state index contributed by atoms with van der Waals surface area (Å²) in [6.45, 7) is 8.46. The molecule has 4 aromatic rings. The fourth-order valence-electron chi connectivity index (χ4n) is 3.57. The van der Waals surface area contributed by atoms with Crippen LogP contribution < -0.4 is 10.1 Å². The summed E-state index contributed by atoms with van der Waals surface area (Å²) in [4.78, 5) is 17.5. The van der Waals surface area contributed by atoms with Gasteiger partial charge < -0.3 is 14.5 Å². The van der Waals surface area contributed by atoms with Gasteiger partial charge in [0.05, 0.1) is 6.10 Å². The lowest BCUT2D eigenvalue weighted by Gasteiger charge is -2.13. The number of hydrogen-bond acceptors (Lipinski definition) is 4. The number of fused-ring (bicyclic) bond motifs is 1. The van der Waals surface area contributed by atoms with Gasteiger partial charge in [0.25, 0.3) is 5.91 Å². The van der Waals surface area contributed by atoms with E-state index in [0.29, 0.717) is 28.8 Å². The Morgan fingerprint density at radius 3 is 2.61 bits per heavy atom. The molecule has 1 aromatic heterocycles. The maximum atomic E-state index is 12.8. The number of oxazole rings is 1. The number of carbonyl (C=O) groups is 1. The number of ether oxygens (including phenoxy) is 1. The minimum absolute atomic E-state index is 0.0950. The van der Waals surface area contributed by atoms with Crippen LogP contribution in [0, 0.1) is 0 Å². The molecule has 1 heterocycles. The standard InChI is InChI=1S/C28H30N2O3/c1-5-18(3)20-13-14-26-25(17-20)30-28(33-26)22-10-7-11-23(15-22)29-27(31)21-9-8-12-24(16-21)32-19(4)6-2/h7-19H,5-6H2,1-4H3,(H,29,31). The quantitative estimate of drug-likeness (QED) is 0.308. The van der Waals surface area contributed by atoms with Crippen LogP contribution in [0.3, 0.4) is 0 Å². The fraction of sp³-hybridized carbons (Fsp3) is 0.286. The van der Waals surface area contributed by atoms with Crippen LogP contribution in [0.5, 0.6) is 5.75 Å². The molecule has 0 radical (unpaired) electrons. The lowest BCUT2D eigenvalue weighted by Crippen LogP contribution is -2.13. The van der Waals surface area contributed by atoms with Crippen molar-refractivity contribution >= 4 is 22.7 Å². The first-order valence-corrected chi connectivity index (χ1v) is 11.6. The molecule has 0 bridgehead atoms. The molecule has 4 rings (SSSR count). The van der Waals surface area contributed by atoms with Crippen LogP contribution in [0.25, 0.3) is 22.6 Å². The first kappa shape index (κ1) is 22.6. The second-order valence-corrected chi connectivity index (χ2v) is 8.45. The minimum atomic E-state index is -0.197. The molecule has 0 saturated carbocycles. The van der Waals surface area contributed by atoms with E-state index in [1.165, 1.54) is 5.56 Å². The van der Waals surface area contributed by atoms with Gasteiger partial charge in [0, 0.05) is 16.8 Å². The third kappa shape index (κ3) is 5.25. The molecule has 0 saturated heterocycles. The zero-order valence-electron chi connectivity index (χ0n) is 19.6. The summed E-state index contributed by atoms with van der Waals surface area (Å²) in [7, 11) is 0. The molecule has 170 valence electrons. The van der Waals surface area contributed by atoms with E-state index in [9.17, 15) is 4.79 Å². The molecule has 1 amide bonds. The van der Waals surface area contributed by atoms with Gasteiger partial charge in [-0.05, 0) is 79.8 Å². The normalized spacial score (nSPS) is 13.0. The lowest BCUT2D eigenvalue weighted by molar-refractivity contribution is 0.102. The highest BCUT2D eigenvalue weighted by Crippen LogP contribution is 2.29. The molecule has 33 heavy (non-hydrogen) atoms. The second-order valence-electron chi connectivity index (χ2n) is 8.45. The molecular weight excluding hydrogens is 412 g/mol. The predicted octanol–water partition coefficient (Wildman–Crippen LogP) is 7.44. The zero-order chi connectivity index (χ0) is 23.4. The van der Waals surface area contributed by atoms with E-state index in [1.807, 2.05) is 49.4 Å². The number of benzene rings is 3. The topological polar surface area (TPSA) is 64.4 Å². The molecule has 0 spiro atoms. The van der Waals surface area contributed by atoms with Crippen LogP contribution >= 0.6 is 0 Å².